The van der Waals surface area contributed by atoms with Gasteiger partial charge in [0.15, 0.2) is 6.29 Å². The maximum Gasteiger partial charge on any atom is 0.319 e. The third-order valence-corrected chi connectivity index (χ3v) is 3.69. The molecule has 110 valence electrons. The molecule has 6 nitrogen and oxygen atoms in total. The van der Waals surface area contributed by atoms with E-state index in [4.69, 9.17) is 25.8 Å². The first-order valence-electron chi connectivity index (χ1n) is 6.85. The highest BCUT2D eigenvalue weighted by molar-refractivity contribution is 6.29. The van der Waals surface area contributed by atoms with Crippen LogP contribution in [0.5, 0.6) is 6.01 Å². The van der Waals surface area contributed by atoms with Crippen LogP contribution in [0, 0.1) is 0 Å². The van der Waals surface area contributed by atoms with Crippen LogP contribution in [-0.2, 0) is 9.47 Å². The number of halogens is 1. The number of nitrogens with zero attached hydrogens (tertiary/aromatic N) is 3. The van der Waals surface area contributed by atoms with Crippen LogP contribution in [-0.4, -0.2) is 49.2 Å². The predicted molar refractivity (Wildman–Crippen MR) is 74.3 cm³/mol. The van der Waals surface area contributed by atoms with Gasteiger partial charge in [-0.05, 0) is 19.3 Å². The monoisotopic (exact) mass is 299 g/mol. The molecule has 1 aromatic rings. The summed E-state index contributed by atoms with van der Waals surface area (Å²) in [5, 5.41) is 0.381. The molecule has 0 amide bonds. The number of anilines is 1. The zero-order valence-corrected chi connectivity index (χ0v) is 12.2. The van der Waals surface area contributed by atoms with Gasteiger partial charge in [0.05, 0.1) is 13.2 Å². The molecule has 0 saturated carbocycles. The minimum absolute atomic E-state index is 0.0422. The molecule has 1 unspecified atom stereocenters. The van der Waals surface area contributed by atoms with Crippen LogP contribution in [0.3, 0.4) is 0 Å². The highest BCUT2D eigenvalue weighted by Crippen LogP contribution is 2.26. The zero-order valence-electron chi connectivity index (χ0n) is 11.4. The van der Waals surface area contributed by atoms with Crippen molar-refractivity contribution < 1.29 is 14.2 Å². The number of rotatable bonds is 4. The Hall–Kier alpha value is -1.11. The Balaban J connectivity index is 1.53. The van der Waals surface area contributed by atoms with Gasteiger partial charge in [0.2, 0.25) is 0 Å². The van der Waals surface area contributed by atoms with Gasteiger partial charge in [-0.15, -0.1) is 0 Å². The van der Waals surface area contributed by atoms with Gasteiger partial charge < -0.3 is 19.1 Å². The summed E-state index contributed by atoms with van der Waals surface area (Å²) in [5.74, 6) is 0.770. The summed E-state index contributed by atoms with van der Waals surface area (Å²) in [5.41, 5.74) is 0. The molecule has 0 radical (unpaired) electrons. The molecular formula is C13H18ClN3O3. The Morgan fingerprint density at radius 1 is 1.35 bits per heavy atom. The lowest BCUT2D eigenvalue weighted by atomic mass is 10.1. The first kappa shape index (κ1) is 13.9. The average molecular weight is 300 g/mol. The molecule has 7 heteroatoms. The van der Waals surface area contributed by atoms with Crippen LogP contribution in [0.1, 0.15) is 19.3 Å². The molecule has 0 N–H and O–H groups in total. The second-order valence-corrected chi connectivity index (χ2v) is 5.38. The second-order valence-electron chi connectivity index (χ2n) is 4.99. The largest absolute Gasteiger partial charge is 0.467 e. The Labute approximate surface area is 123 Å². The quantitative estimate of drug-likeness (QED) is 0.791. The van der Waals surface area contributed by atoms with Crippen molar-refractivity contribution in [2.24, 2.45) is 0 Å². The smallest absolute Gasteiger partial charge is 0.319 e. The lowest BCUT2D eigenvalue weighted by molar-refractivity contribution is -0.191. The maximum atomic E-state index is 5.94. The minimum atomic E-state index is -0.0422. The lowest BCUT2D eigenvalue weighted by Crippen LogP contribution is -2.54. The van der Waals surface area contributed by atoms with Crippen molar-refractivity contribution in [1.82, 2.24) is 9.97 Å². The first-order valence-corrected chi connectivity index (χ1v) is 7.23. The van der Waals surface area contributed by atoms with E-state index in [-0.39, 0.29) is 18.4 Å². The molecule has 2 aliphatic heterocycles. The number of hydrogen-bond acceptors (Lipinski definition) is 6. The SMILES string of the molecule is COc1nc(Cl)cc(N2CC(OC3CCCCO3)C2)n1. The van der Waals surface area contributed by atoms with Crippen LogP contribution in [0.4, 0.5) is 5.82 Å². The van der Waals surface area contributed by atoms with Crippen molar-refractivity contribution >= 4 is 17.4 Å². The van der Waals surface area contributed by atoms with E-state index >= 15 is 0 Å². The van der Waals surface area contributed by atoms with Crippen molar-refractivity contribution in [3.8, 4) is 6.01 Å². The topological polar surface area (TPSA) is 56.7 Å². The van der Waals surface area contributed by atoms with Gasteiger partial charge in [-0.25, -0.2) is 0 Å². The van der Waals surface area contributed by atoms with E-state index in [0.29, 0.717) is 5.15 Å². The van der Waals surface area contributed by atoms with Gasteiger partial charge in [-0.1, -0.05) is 11.6 Å². The van der Waals surface area contributed by atoms with E-state index in [1.807, 2.05) is 0 Å². The predicted octanol–water partition coefficient (Wildman–Crippen LogP) is 1.87. The van der Waals surface area contributed by atoms with Crippen molar-refractivity contribution in [2.45, 2.75) is 31.7 Å². The van der Waals surface area contributed by atoms with Gasteiger partial charge >= 0.3 is 6.01 Å². The molecule has 2 fully saturated rings. The number of methoxy groups -OCH3 is 1. The van der Waals surface area contributed by atoms with Gasteiger partial charge in [-0.2, -0.15) is 9.97 Å². The van der Waals surface area contributed by atoms with Crippen LogP contribution < -0.4 is 9.64 Å². The third-order valence-electron chi connectivity index (χ3n) is 3.50. The standard InChI is InChI=1S/C13H18ClN3O3/c1-18-13-15-10(14)6-11(16-13)17-7-9(8-17)20-12-4-2-3-5-19-12/h6,9,12H,2-5,7-8H2,1H3. The van der Waals surface area contributed by atoms with Crippen molar-refractivity contribution in [3.63, 3.8) is 0 Å². The molecule has 0 aliphatic carbocycles. The van der Waals surface area contributed by atoms with E-state index < -0.39 is 0 Å². The third kappa shape index (κ3) is 3.13. The molecule has 0 spiro atoms. The van der Waals surface area contributed by atoms with E-state index in [1.54, 1.807) is 6.07 Å². The number of aromatic nitrogens is 2. The zero-order chi connectivity index (χ0) is 13.9. The summed E-state index contributed by atoms with van der Waals surface area (Å²) in [4.78, 5) is 10.3. The molecule has 2 aliphatic rings. The average Bonchev–Trinajstić information content (AvgIpc) is 2.42. The summed E-state index contributed by atoms with van der Waals surface area (Å²) >= 11 is 5.94. The van der Waals surface area contributed by atoms with E-state index in [1.165, 1.54) is 13.5 Å². The van der Waals surface area contributed by atoms with Crippen LogP contribution in [0.25, 0.3) is 0 Å². The fourth-order valence-corrected chi connectivity index (χ4v) is 2.55. The highest BCUT2D eigenvalue weighted by atomic mass is 35.5. The first-order chi connectivity index (χ1) is 9.74. The molecule has 1 aromatic heterocycles. The van der Waals surface area contributed by atoms with Crippen LogP contribution in [0.2, 0.25) is 5.15 Å². The fourth-order valence-electron chi connectivity index (χ4n) is 2.38. The van der Waals surface area contributed by atoms with Gasteiger partial charge in [0.1, 0.15) is 11.0 Å². The summed E-state index contributed by atoms with van der Waals surface area (Å²) < 4.78 is 16.5. The Morgan fingerprint density at radius 3 is 2.90 bits per heavy atom. The summed E-state index contributed by atoms with van der Waals surface area (Å²) in [6, 6.07) is 2.02. The van der Waals surface area contributed by atoms with Crippen LogP contribution >= 0.6 is 11.6 Å². The molecule has 0 bridgehead atoms. The summed E-state index contributed by atoms with van der Waals surface area (Å²) in [6.07, 6.45) is 3.46. The van der Waals surface area contributed by atoms with Crippen molar-refractivity contribution in [3.05, 3.63) is 11.2 Å². The molecule has 3 rings (SSSR count). The second kappa shape index (κ2) is 6.11. The van der Waals surface area contributed by atoms with Gasteiger partial charge in [0, 0.05) is 25.8 Å². The minimum Gasteiger partial charge on any atom is -0.467 e. The van der Waals surface area contributed by atoms with Gasteiger partial charge in [-0.3, -0.25) is 0 Å². The molecular weight excluding hydrogens is 282 g/mol. The molecule has 3 heterocycles. The van der Waals surface area contributed by atoms with E-state index in [0.717, 1.165) is 38.4 Å². The molecule has 1 atom stereocenters. The summed E-state index contributed by atoms with van der Waals surface area (Å²) in [7, 11) is 1.53. The Bertz CT molecular complexity index is 462. The van der Waals surface area contributed by atoms with E-state index in [2.05, 4.69) is 14.9 Å². The van der Waals surface area contributed by atoms with E-state index in [9.17, 15) is 0 Å². The molecule has 20 heavy (non-hydrogen) atoms. The number of ether oxygens (including phenoxy) is 3. The van der Waals surface area contributed by atoms with Crippen LogP contribution in [0.15, 0.2) is 6.07 Å². The Morgan fingerprint density at radius 2 is 2.20 bits per heavy atom. The normalized spacial score (nSPS) is 23.5. The number of hydrogen-bond donors (Lipinski definition) is 0. The fraction of sp³-hybridized carbons (Fsp3) is 0.692. The van der Waals surface area contributed by atoms with Gasteiger partial charge in [0.25, 0.3) is 0 Å². The van der Waals surface area contributed by atoms with Crippen molar-refractivity contribution in [1.29, 1.82) is 0 Å². The summed E-state index contributed by atoms with van der Waals surface area (Å²) in [6.45, 7) is 2.38. The lowest BCUT2D eigenvalue weighted by Gasteiger charge is -2.41. The maximum absolute atomic E-state index is 5.94. The Kier molecular flexibility index (Phi) is 4.24. The highest BCUT2D eigenvalue weighted by Gasteiger charge is 2.32. The van der Waals surface area contributed by atoms with Crippen molar-refractivity contribution in [2.75, 3.05) is 31.7 Å². The molecule has 0 aromatic carbocycles. The molecule has 2 saturated heterocycles.